The fraction of sp³-hybridized carbons (Fsp3) is 0.294. The predicted molar refractivity (Wildman–Crippen MR) is 135 cm³/mol. The molecule has 15 heteroatoms. The first-order valence-corrected chi connectivity index (χ1v) is 13.3. The molecule has 0 saturated carbocycles. The second kappa shape index (κ2) is 10.7. The molecule has 1 atom stereocenters. The number of aliphatic hydroxyl groups is 1. The lowest BCUT2D eigenvalue weighted by Crippen LogP contribution is -2.37. The molecule has 0 bridgehead atoms. The number of alkyl halides is 2. The minimum absolute atomic E-state index is 0.0105. The molecule has 4 nitrogen and oxygen atoms in total. The van der Waals surface area contributed by atoms with E-state index in [-0.39, 0.29) is 35.7 Å². The Morgan fingerprint density at radius 1 is 0.812 bits per heavy atom. The molecule has 0 aliphatic heterocycles. The molecule has 2 aromatic carbocycles. The molecule has 0 heterocycles. The summed E-state index contributed by atoms with van der Waals surface area (Å²) >= 11 is 60.0. The monoisotopic (exact) mass is 660 g/mol. The maximum Gasteiger partial charge on any atom is 0.300 e. The van der Waals surface area contributed by atoms with Gasteiger partial charge in [-0.15, -0.1) is 23.2 Å². The maximum atomic E-state index is 12.9. The van der Waals surface area contributed by atoms with E-state index in [0.29, 0.717) is 0 Å². The quantitative estimate of drug-likeness (QED) is 0.139. The molecule has 0 radical (unpaired) electrons. The van der Waals surface area contributed by atoms with Crippen LogP contribution in [0.2, 0.25) is 40.2 Å². The molecule has 178 valence electrons. The largest absolute Gasteiger partial charge is 0.383 e. The van der Waals surface area contributed by atoms with Crippen LogP contribution in [-0.2, 0) is 19.9 Å². The van der Waals surface area contributed by atoms with Gasteiger partial charge in [0, 0.05) is 6.42 Å². The molecule has 0 aliphatic rings. The van der Waals surface area contributed by atoms with Gasteiger partial charge in [0.2, 0.25) is 0 Å². The van der Waals surface area contributed by atoms with E-state index in [2.05, 4.69) is 0 Å². The Kier molecular flexibility index (Phi) is 9.82. The topological polar surface area (TPSA) is 63.6 Å². The van der Waals surface area contributed by atoms with Crippen molar-refractivity contribution < 1.29 is 17.7 Å². The average molecular weight is 665 g/mol. The Labute approximate surface area is 234 Å². The molecular weight excluding hydrogens is 655 g/mol. The minimum Gasteiger partial charge on any atom is -0.383 e. The number of benzene rings is 2. The molecule has 0 saturated heterocycles. The molecule has 32 heavy (non-hydrogen) atoms. The van der Waals surface area contributed by atoms with Gasteiger partial charge in [-0.05, 0) is 24.6 Å². The fourth-order valence-corrected chi connectivity index (χ4v) is 6.58. The summed E-state index contributed by atoms with van der Waals surface area (Å²) < 4.78 is 29.4. The molecule has 0 aliphatic carbocycles. The summed E-state index contributed by atoms with van der Waals surface area (Å²) in [6.45, 7) is 0.477. The van der Waals surface area contributed by atoms with Crippen molar-refractivity contribution in [2.24, 2.45) is 0 Å². The molecule has 1 N–H and O–H groups in total. The fourth-order valence-electron chi connectivity index (χ4n) is 2.61. The zero-order valence-corrected chi connectivity index (χ0v) is 23.8. The van der Waals surface area contributed by atoms with Crippen LogP contribution in [0, 0.1) is 0 Å². The summed E-state index contributed by atoms with van der Waals surface area (Å²) in [4.78, 5) is -0.741. The van der Waals surface area contributed by atoms with Crippen LogP contribution in [-0.4, -0.2) is 24.5 Å². The number of hydrogen-bond acceptors (Lipinski definition) is 4. The summed E-state index contributed by atoms with van der Waals surface area (Å²) in [6, 6.07) is 2.53. The van der Waals surface area contributed by atoms with Gasteiger partial charge in [-0.1, -0.05) is 92.8 Å². The molecule has 2 rings (SSSR count). The van der Waals surface area contributed by atoms with Crippen molar-refractivity contribution in [2.45, 2.75) is 28.2 Å². The van der Waals surface area contributed by atoms with E-state index in [1.807, 2.05) is 0 Å². The Balaban J connectivity index is 2.56. The lowest BCUT2D eigenvalue weighted by atomic mass is 9.90. The van der Waals surface area contributed by atoms with Gasteiger partial charge in [0.15, 0.2) is 0 Å². The van der Waals surface area contributed by atoms with Crippen molar-refractivity contribution in [1.29, 1.82) is 0 Å². The van der Waals surface area contributed by atoms with Gasteiger partial charge in [0.25, 0.3) is 10.1 Å². The highest BCUT2D eigenvalue weighted by molar-refractivity contribution is 7.87. The Morgan fingerprint density at radius 3 is 1.62 bits per heavy atom. The van der Waals surface area contributed by atoms with Crippen molar-refractivity contribution in [2.75, 3.05) is 6.61 Å². The standard InChI is InChI=1S/C17H10Cl10O4S/c1-16(26,27)4-17(28,6-2-7(18)9(20)8(19)3-6)5-31-32(29,30)15-13(24)11(22)10(21)12(23)14(15)25/h2-3,28H,4-5H2,1H3. The smallest absolute Gasteiger partial charge is 0.300 e. The van der Waals surface area contributed by atoms with E-state index in [1.165, 1.54) is 19.1 Å². The highest BCUT2D eigenvalue weighted by atomic mass is 35.5. The van der Waals surface area contributed by atoms with Crippen LogP contribution >= 0.6 is 116 Å². The van der Waals surface area contributed by atoms with E-state index in [1.54, 1.807) is 0 Å². The Morgan fingerprint density at radius 2 is 1.22 bits per heavy atom. The third kappa shape index (κ3) is 6.50. The first kappa shape index (κ1) is 29.4. The minimum atomic E-state index is -4.74. The van der Waals surface area contributed by atoms with Gasteiger partial charge in [-0.2, -0.15) is 8.42 Å². The van der Waals surface area contributed by atoms with Crippen LogP contribution in [0.1, 0.15) is 18.9 Å². The van der Waals surface area contributed by atoms with Gasteiger partial charge in [0.05, 0.1) is 46.8 Å². The summed E-state index contributed by atoms with van der Waals surface area (Å²) in [7, 11) is -4.74. The van der Waals surface area contributed by atoms with E-state index >= 15 is 0 Å². The number of hydrogen-bond donors (Lipinski definition) is 1. The van der Waals surface area contributed by atoms with Crippen LogP contribution in [0.5, 0.6) is 0 Å². The van der Waals surface area contributed by atoms with Gasteiger partial charge in [0.1, 0.15) is 14.8 Å². The molecular formula is C17H10Cl10O4S. The number of rotatable bonds is 7. The summed E-state index contributed by atoms with van der Waals surface area (Å²) in [5, 5.41) is 9.30. The maximum absolute atomic E-state index is 12.9. The Hall–Kier alpha value is 1.21. The van der Waals surface area contributed by atoms with Crippen LogP contribution in [0.25, 0.3) is 0 Å². The molecule has 0 amide bonds. The van der Waals surface area contributed by atoms with Crippen LogP contribution in [0.15, 0.2) is 17.0 Å². The van der Waals surface area contributed by atoms with Crippen molar-refractivity contribution in [3.8, 4) is 0 Å². The van der Waals surface area contributed by atoms with Crippen molar-refractivity contribution >= 4 is 126 Å². The first-order chi connectivity index (χ1) is 14.4. The Bertz CT molecular complexity index is 1110. The van der Waals surface area contributed by atoms with E-state index in [0.717, 1.165) is 0 Å². The normalized spacial score (nSPS) is 14.5. The van der Waals surface area contributed by atoms with Gasteiger partial charge < -0.3 is 5.11 Å². The highest BCUT2D eigenvalue weighted by Crippen LogP contribution is 2.47. The van der Waals surface area contributed by atoms with Crippen LogP contribution < -0.4 is 0 Å². The zero-order chi connectivity index (χ0) is 24.8. The first-order valence-electron chi connectivity index (χ1n) is 8.07. The third-order valence-corrected chi connectivity index (χ3v) is 9.30. The van der Waals surface area contributed by atoms with Crippen molar-refractivity contribution in [1.82, 2.24) is 0 Å². The third-order valence-electron chi connectivity index (χ3n) is 4.00. The lowest BCUT2D eigenvalue weighted by molar-refractivity contribution is -0.0174. The predicted octanol–water partition coefficient (Wildman–Crippen LogP) is 9.09. The second-order valence-electron chi connectivity index (χ2n) is 6.65. The zero-order valence-electron chi connectivity index (χ0n) is 15.4. The van der Waals surface area contributed by atoms with Crippen molar-refractivity contribution in [3.05, 3.63) is 57.9 Å². The molecule has 2 aromatic rings. The lowest BCUT2D eigenvalue weighted by Gasteiger charge is -2.32. The second-order valence-corrected chi connectivity index (χ2v) is 13.1. The van der Waals surface area contributed by atoms with Crippen molar-refractivity contribution in [3.63, 3.8) is 0 Å². The van der Waals surface area contributed by atoms with Gasteiger partial charge >= 0.3 is 0 Å². The van der Waals surface area contributed by atoms with Crippen LogP contribution in [0.4, 0.5) is 0 Å². The molecule has 0 fully saturated rings. The van der Waals surface area contributed by atoms with Gasteiger partial charge in [-0.25, -0.2) is 0 Å². The van der Waals surface area contributed by atoms with Crippen LogP contribution in [0.3, 0.4) is 0 Å². The summed E-state index contributed by atoms with van der Waals surface area (Å²) in [5.74, 6) is 0. The summed E-state index contributed by atoms with van der Waals surface area (Å²) in [6.07, 6.45) is -0.406. The van der Waals surface area contributed by atoms with E-state index < -0.39 is 48.0 Å². The molecule has 0 aromatic heterocycles. The van der Waals surface area contributed by atoms with E-state index in [9.17, 15) is 13.5 Å². The molecule has 1 unspecified atom stereocenters. The van der Waals surface area contributed by atoms with Gasteiger partial charge in [-0.3, -0.25) is 4.18 Å². The molecule has 0 spiro atoms. The average Bonchev–Trinajstić information content (AvgIpc) is 2.66. The van der Waals surface area contributed by atoms with E-state index in [4.69, 9.17) is 120 Å². The number of halogens is 10. The highest BCUT2D eigenvalue weighted by Gasteiger charge is 2.40. The SMILES string of the molecule is CC(Cl)(Cl)CC(O)(COS(=O)(=O)c1c(Cl)c(Cl)c(Cl)c(Cl)c1Cl)c1cc(Cl)c(Cl)c(Cl)c1. The summed E-state index contributed by atoms with van der Waals surface area (Å²) in [5.41, 5.74) is -2.08.